The topological polar surface area (TPSA) is 51.1 Å². The van der Waals surface area contributed by atoms with Gasteiger partial charge in [0, 0.05) is 17.0 Å². The number of methoxy groups -OCH3 is 1. The van der Waals surface area contributed by atoms with Crippen LogP contribution in [0.2, 0.25) is 0 Å². The van der Waals surface area contributed by atoms with E-state index in [1.807, 2.05) is 29.2 Å². The second-order valence-electron chi connectivity index (χ2n) is 5.62. The SMILES string of the molecule is COc1ccc(N(CC(=O)c2ccc(OC(F)F)cc2)C2=NCCS2)cc1. The number of aliphatic imine (C=N–C) groups is 1. The van der Waals surface area contributed by atoms with Gasteiger partial charge in [-0.05, 0) is 48.5 Å². The predicted molar refractivity (Wildman–Crippen MR) is 103 cm³/mol. The normalized spacial score (nSPS) is 13.4. The van der Waals surface area contributed by atoms with Gasteiger partial charge < -0.3 is 14.4 Å². The van der Waals surface area contributed by atoms with Crippen molar-refractivity contribution in [2.24, 2.45) is 4.99 Å². The summed E-state index contributed by atoms with van der Waals surface area (Å²) in [5, 5.41) is 0.783. The molecule has 0 radical (unpaired) electrons. The van der Waals surface area contributed by atoms with Crippen LogP contribution < -0.4 is 14.4 Å². The van der Waals surface area contributed by atoms with E-state index in [0.29, 0.717) is 12.1 Å². The molecule has 0 amide bonds. The maximum atomic E-state index is 12.7. The third-order valence-electron chi connectivity index (χ3n) is 3.89. The largest absolute Gasteiger partial charge is 0.497 e. The number of thioether (sulfide) groups is 1. The number of nitrogens with zero attached hydrogens (tertiary/aromatic N) is 2. The molecule has 0 fully saturated rings. The minimum absolute atomic E-state index is 0.0179. The van der Waals surface area contributed by atoms with Crippen LogP contribution in [-0.4, -0.2) is 43.5 Å². The summed E-state index contributed by atoms with van der Waals surface area (Å²) in [7, 11) is 1.59. The summed E-state index contributed by atoms with van der Waals surface area (Å²) in [6, 6.07) is 13.1. The van der Waals surface area contributed by atoms with Crippen molar-refractivity contribution in [3.05, 3.63) is 54.1 Å². The van der Waals surface area contributed by atoms with Crippen molar-refractivity contribution in [1.29, 1.82) is 0 Å². The van der Waals surface area contributed by atoms with Gasteiger partial charge in [-0.15, -0.1) is 0 Å². The first-order chi connectivity index (χ1) is 13.1. The van der Waals surface area contributed by atoms with Gasteiger partial charge in [-0.1, -0.05) is 11.8 Å². The molecule has 0 N–H and O–H groups in total. The molecule has 0 aromatic heterocycles. The van der Waals surface area contributed by atoms with Crippen LogP contribution in [0.3, 0.4) is 0 Å². The lowest BCUT2D eigenvalue weighted by Gasteiger charge is -2.23. The van der Waals surface area contributed by atoms with Crippen molar-refractivity contribution >= 4 is 28.4 Å². The fourth-order valence-corrected chi connectivity index (χ4v) is 3.45. The van der Waals surface area contributed by atoms with E-state index >= 15 is 0 Å². The van der Waals surface area contributed by atoms with E-state index in [9.17, 15) is 13.6 Å². The predicted octanol–water partition coefficient (Wildman–Crippen LogP) is 4.09. The summed E-state index contributed by atoms with van der Waals surface area (Å²) < 4.78 is 34.0. The van der Waals surface area contributed by atoms with Crippen LogP contribution in [0.4, 0.5) is 14.5 Å². The molecule has 142 valence electrons. The zero-order chi connectivity index (χ0) is 19.2. The van der Waals surface area contributed by atoms with Crippen LogP contribution in [0.5, 0.6) is 11.5 Å². The fourth-order valence-electron chi connectivity index (χ4n) is 2.58. The monoisotopic (exact) mass is 392 g/mol. The number of Topliss-reactive ketones (excluding diaryl/α,β-unsaturated/α-hetero) is 1. The minimum atomic E-state index is -2.89. The maximum Gasteiger partial charge on any atom is 0.387 e. The summed E-state index contributed by atoms with van der Waals surface area (Å²) in [5.74, 6) is 1.46. The number of halogens is 2. The van der Waals surface area contributed by atoms with E-state index < -0.39 is 6.61 Å². The molecular weight excluding hydrogens is 374 g/mol. The first-order valence-corrected chi connectivity index (χ1v) is 9.22. The van der Waals surface area contributed by atoms with Crippen LogP contribution in [-0.2, 0) is 0 Å². The van der Waals surface area contributed by atoms with E-state index in [2.05, 4.69) is 9.73 Å². The second kappa shape index (κ2) is 8.85. The molecule has 0 aliphatic carbocycles. The lowest BCUT2D eigenvalue weighted by Crippen LogP contribution is -2.33. The maximum absolute atomic E-state index is 12.7. The number of ether oxygens (including phenoxy) is 2. The molecule has 3 rings (SSSR count). The van der Waals surface area contributed by atoms with E-state index in [4.69, 9.17) is 4.74 Å². The number of hydrogen-bond donors (Lipinski definition) is 0. The van der Waals surface area contributed by atoms with Crippen LogP contribution in [0.1, 0.15) is 10.4 Å². The molecule has 0 unspecified atom stereocenters. The zero-order valence-corrected chi connectivity index (χ0v) is 15.4. The molecule has 5 nitrogen and oxygen atoms in total. The zero-order valence-electron chi connectivity index (χ0n) is 14.6. The summed E-state index contributed by atoms with van der Waals surface area (Å²) in [5.41, 5.74) is 1.24. The number of rotatable bonds is 7. The first kappa shape index (κ1) is 19.2. The summed E-state index contributed by atoms with van der Waals surface area (Å²) in [6.07, 6.45) is 0. The number of benzene rings is 2. The molecule has 1 heterocycles. The molecule has 0 atom stereocenters. The van der Waals surface area contributed by atoms with Crippen LogP contribution in [0, 0.1) is 0 Å². The highest BCUT2D eigenvalue weighted by molar-refractivity contribution is 8.14. The first-order valence-electron chi connectivity index (χ1n) is 8.24. The third-order valence-corrected chi connectivity index (χ3v) is 4.88. The lowest BCUT2D eigenvalue weighted by molar-refractivity contribution is -0.0498. The van der Waals surface area contributed by atoms with Gasteiger partial charge in [0.1, 0.15) is 11.5 Å². The van der Waals surface area contributed by atoms with E-state index in [1.165, 1.54) is 24.3 Å². The molecule has 27 heavy (non-hydrogen) atoms. The Labute approximate surface area is 160 Å². The molecule has 0 bridgehead atoms. The Morgan fingerprint density at radius 1 is 1.15 bits per heavy atom. The Balaban J connectivity index is 1.77. The Hall–Kier alpha value is -2.61. The van der Waals surface area contributed by atoms with E-state index in [-0.39, 0.29) is 18.1 Å². The highest BCUT2D eigenvalue weighted by Gasteiger charge is 2.21. The quantitative estimate of drug-likeness (QED) is 0.665. The highest BCUT2D eigenvalue weighted by Crippen LogP contribution is 2.26. The number of amidine groups is 1. The Kier molecular flexibility index (Phi) is 6.28. The van der Waals surface area contributed by atoms with Crippen molar-refractivity contribution in [1.82, 2.24) is 0 Å². The van der Waals surface area contributed by atoms with Gasteiger partial charge in [-0.25, -0.2) is 0 Å². The van der Waals surface area contributed by atoms with Crippen molar-refractivity contribution in [3.8, 4) is 11.5 Å². The average molecular weight is 392 g/mol. The summed E-state index contributed by atoms with van der Waals surface area (Å²) in [4.78, 5) is 19.0. The average Bonchev–Trinajstić information content (AvgIpc) is 3.20. The van der Waals surface area contributed by atoms with Crippen LogP contribution in [0.25, 0.3) is 0 Å². The van der Waals surface area contributed by atoms with Gasteiger partial charge in [0.05, 0.1) is 20.2 Å². The molecule has 1 aliphatic rings. The molecule has 1 aliphatic heterocycles. The van der Waals surface area contributed by atoms with Crippen molar-refractivity contribution in [2.75, 3.05) is 30.9 Å². The molecule has 0 spiro atoms. The molecule has 8 heteroatoms. The smallest absolute Gasteiger partial charge is 0.387 e. The minimum Gasteiger partial charge on any atom is -0.497 e. The number of hydrogen-bond acceptors (Lipinski definition) is 6. The van der Waals surface area contributed by atoms with Gasteiger partial charge in [0.2, 0.25) is 0 Å². The highest BCUT2D eigenvalue weighted by atomic mass is 32.2. The van der Waals surface area contributed by atoms with Crippen molar-refractivity contribution < 1.29 is 23.0 Å². The van der Waals surface area contributed by atoms with Gasteiger partial charge in [-0.3, -0.25) is 9.79 Å². The molecule has 0 saturated heterocycles. The fraction of sp³-hybridized carbons (Fsp3) is 0.263. The summed E-state index contributed by atoms with van der Waals surface area (Å²) in [6.45, 7) is -2.09. The van der Waals surface area contributed by atoms with Gasteiger partial charge >= 0.3 is 6.61 Å². The van der Waals surface area contributed by atoms with Crippen molar-refractivity contribution in [3.63, 3.8) is 0 Å². The number of carbonyl (C=O) groups is 1. The van der Waals surface area contributed by atoms with Crippen LogP contribution >= 0.6 is 11.8 Å². The number of ketones is 1. The molecular formula is C19H18F2N2O3S. The van der Waals surface area contributed by atoms with E-state index in [1.54, 1.807) is 18.9 Å². The Bertz CT molecular complexity index is 811. The van der Waals surface area contributed by atoms with E-state index in [0.717, 1.165) is 22.4 Å². The number of anilines is 1. The van der Waals surface area contributed by atoms with Gasteiger partial charge in [0.25, 0.3) is 0 Å². The standard InChI is InChI=1S/C19H18F2N2O3S/c1-25-15-8-4-14(5-9-15)23(19-22-10-11-27-19)12-17(24)13-2-6-16(7-3-13)26-18(20)21/h2-9,18H,10-12H2,1H3. The number of carbonyl (C=O) groups excluding carboxylic acids is 1. The van der Waals surface area contributed by atoms with Gasteiger partial charge in [0.15, 0.2) is 11.0 Å². The second-order valence-corrected chi connectivity index (χ2v) is 6.69. The molecule has 0 saturated carbocycles. The molecule has 2 aromatic carbocycles. The van der Waals surface area contributed by atoms with Crippen LogP contribution in [0.15, 0.2) is 53.5 Å². The Morgan fingerprint density at radius 2 is 1.81 bits per heavy atom. The lowest BCUT2D eigenvalue weighted by atomic mass is 10.1. The number of alkyl halides is 2. The summed E-state index contributed by atoms with van der Waals surface area (Å²) >= 11 is 1.59. The van der Waals surface area contributed by atoms with Crippen molar-refractivity contribution in [2.45, 2.75) is 6.61 Å². The molecule has 2 aromatic rings. The Morgan fingerprint density at radius 3 is 2.37 bits per heavy atom. The van der Waals surface area contributed by atoms with Gasteiger partial charge in [-0.2, -0.15) is 8.78 Å². The third kappa shape index (κ3) is 4.97.